The van der Waals surface area contributed by atoms with Gasteiger partial charge in [0.1, 0.15) is 0 Å². The second-order valence-corrected chi connectivity index (χ2v) is 7.01. The highest BCUT2D eigenvalue weighted by Crippen LogP contribution is 2.26. The fourth-order valence-electron chi connectivity index (χ4n) is 3.66. The van der Waals surface area contributed by atoms with Crippen LogP contribution in [0, 0.1) is 20.8 Å². The van der Waals surface area contributed by atoms with E-state index in [1.165, 1.54) is 0 Å². The zero-order valence-electron chi connectivity index (χ0n) is 15.3. The van der Waals surface area contributed by atoms with E-state index in [1.807, 2.05) is 51.1 Å². The molecule has 2 aromatic rings. The van der Waals surface area contributed by atoms with Crippen molar-refractivity contribution in [3.63, 3.8) is 0 Å². The second kappa shape index (κ2) is 6.96. The molecule has 1 aromatic heterocycles. The zero-order valence-corrected chi connectivity index (χ0v) is 15.3. The Morgan fingerprint density at radius 1 is 1.27 bits per heavy atom. The van der Waals surface area contributed by atoms with Crippen LogP contribution in [0.5, 0.6) is 0 Å². The Kier molecular flexibility index (Phi) is 4.87. The summed E-state index contributed by atoms with van der Waals surface area (Å²) in [6.07, 6.45) is 0.358. The number of hydrogen-bond donors (Lipinski definition) is 2. The summed E-state index contributed by atoms with van der Waals surface area (Å²) in [6.45, 7) is 6.58. The largest absolute Gasteiger partial charge is 0.481 e. The molecule has 6 heteroatoms. The molecule has 0 aliphatic carbocycles. The van der Waals surface area contributed by atoms with Crippen molar-refractivity contribution < 1.29 is 19.4 Å². The number of para-hydroxylation sites is 1. The number of carboxylic acids is 1. The molecule has 1 aromatic carbocycles. The molecule has 138 valence electrons. The lowest BCUT2D eigenvalue weighted by atomic mass is 9.93. The minimum Gasteiger partial charge on any atom is -0.481 e. The topological polar surface area (TPSA) is 80.6 Å². The molecule has 1 aliphatic heterocycles. The van der Waals surface area contributed by atoms with Crippen molar-refractivity contribution in [1.29, 1.82) is 0 Å². The van der Waals surface area contributed by atoms with Gasteiger partial charge in [0.05, 0.1) is 24.1 Å². The number of hydrogen-bond acceptors (Lipinski definition) is 3. The number of rotatable bonds is 5. The third-order valence-electron chi connectivity index (χ3n) is 5.00. The lowest BCUT2D eigenvalue weighted by Crippen LogP contribution is -2.50. The highest BCUT2D eigenvalue weighted by atomic mass is 16.5. The molecule has 1 unspecified atom stereocenters. The van der Waals surface area contributed by atoms with Gasteiger partial charge < -0.3 is 19.7 Å². The number of benzene rings is 1. The van der Waals surface area contributed by atoms with E-state index in [-0.39, 0.29) is 18.9 Å². The summed E-state index contributed by atoms with van der Waals surface area (Å²) in [7, 11) is 0. The molecular formula is C20H24N2O4. The number of aliphatic carboxylic acids is 1. The molecule has 1 atom stereocenters. The Bertz CT molecular complexity index is 847. The first-order chi connectivity index (χ1) is 12.3. The minimum absolute atomic E-state index is 0.144. The van der Waals surface area contributed by atoms with Gasteiger partial charge >= 0.3 is 5.97 Å². The average molecular weight is 356 g/mol. The van der Waals surface area contributed by atoms with Gasteiger partial charge in [-0.1, -0.05) is 18.2 Å². The molecule has 6 nitrogen and oxygen atoms in total. The molecule has 0 saturated carbocycles. The Balaban J connectivity index is 1.93. The van der Waals surface area contributed by atoms with E-state index in [4.69, 9.17) is 4.74 Å². The number of carboxylic acid groups (broad SMARTS) is 1. The first kappa shape index (κ1) is 18.2. The van der Waals surface area contributed by atoms with Gasteiger partial charge in [-0.15, -0.1) is 0 Å². The number of aryl methyl sites for hydroxylation is 2. The molecule has 2 N–H and O–H groups in total. The SMILES string of the molecule is Cc1ccccc1-n1c(C)cc(C(=O)NC2(CC(=O)O)CCOC2)c1C. The number of aromatic nitrogens is 1. The fourth-order valence-corrected chi connectivity index (χ4v) is 3.66. The van der Waals surface area contributed by atoms with Crippen LogP contribution in [0.25, 0.3) is 5.69 Å². The van der Waals surface area contributed by atoms with Crippen LogP contribution in [0.1, 0.15) is 40.2 Å². The highest BCUT2D eigenvalue weighted by molar-refractivity contribution is 5.96. The third kappa shape index (κ3) is 3.37. The lowest BCUT2D eigenvalue weighted by molar-refractivity contribution is -0.138. The third-order valence-corrected chi connectivity index (χ3v) is 5.00. The molecule has 2 heterocycles. The van der Waals surface area contributed by atoms with Crippen LogP contribution < -0.4 is 5.32 Å². The van der Waals surface area contributed by atoms with Crippen LogP contribution in [-0.4, -0.2) is 40.3 Å². The van der Waals surface area contributed by atoms with Crippen molar-refractivity contribution in [1.82, 2.24) is 9.88 Å². The van der Waals surface area contributed by atoms with E-state index in [1.54, 1.807) is 0 Å². The summed E-state index contributed by atoms with van der Waals surface area (Å²) in [5.41, 5.74) is 3.66. The molecule has 1 saturated heterocycles. The molecule has 0 bridgehead atoms. The monoisotopic (exact) mass is 356 g/mol. The van der Waals surface area contributed by atoms with Crippen molar-refractivity contribution in [2.24, 2.45) is 0 Å². The first-order valence-corrected chi connectivity index (χ1v) is 8.70. The molecule has 3 rings (SSSR count). The van der Waals surface area contributed by atoms with E-state index in [9.17, 15) is 14.7 Å². The van der Waals surface area contributed by atoms with Crippen LogP contribution in [0.4, 0.5) is 0 Å². The molecular weight excluding hydrogens is 332 g/mol. The van der Waals surface area contributed by atoms with Gasteiger partial charge in [0, 0.05) is 23.7 Å². The maximum atomic E-state index is 12.9. The molecule has 26 heavy (non-hydrogen) atoms. The van der Waals surface area contributed by atoms with Crippen molar-refractivity contribution in [2.75, 3.05) is 13.2 Å². The predicted octanol–water partition coefficient (Wildman–Crippen LogP) is 2.77. The van der Waals surface area contributed by atoms with Gasteiger partial charge in [-0.3, -0.25) is 9.59 Å². The smallest absolute Gasteiger partial charge is 0.305 e. The number of nitrogens with one attached hydrogen (secondary N) is 1. The highest BCUT2D eigenvalue weighted by Gasteiger charge is 2.39. The van der Waals surface area contributed by atoms with Gasteiger partial charge in [-0.25, -0.2) is 0 Å². The van der Waals surface area contributed by atoms with E-state index in [0.29, 0.717) is 18.6 Å². The van der Waals surface area contributed by atoms with Crippen LogP contribution in [0.15, 0.2) is 30.3 Å². The van der Waals surface area contributed by atoms with Crippen molar-refractivity contribution >= 4 is 11.9 Å². The fraction of sp³-hybridized carbons (Fsp3) is 0.400. The maximum absolute atomic E-state index is 12.9. The quantitative estimate of drug-likeness (QED) is 0.863. The van der Waals surface area contributed by atoms with Crippen molar-refractivity contribution in [3.05, 3.63) is 52.8 Å². The molecule has 1 amide bonds. The molecule has 1 fully saturated rings. The second-order valence-electron chi connectivity index (χ2n) is 7.01. The van der Waals surface area contributed by atoms with Gasteiger partial charge in [0.2, 0.25) is 0 Å². The molecule has 0 spiro atoms. The number of carbonyl (C=O) groups excluding carboxylic acids is 1. The zero-order chi connectivity index (χ0) is 18.9. The van der Waals surface area contributed by atoms with Gasteiger partial charge in [-0.05, 0) is 44.9 Å². The van der Waals surface area contributed by atoms with Gasteiger partial charge in [0.15, 0.2) is 0 Å². The summed E-state index contributed by atoms with van der Waals surface area (Å²) < 4.78 is 7.41. The summed E-state index contributed by atoms with van der Waals surface area (Å²) >= 11 is 0. The summed E-state index contributed by atoms with van der Waals surface area (Å²) in [5, 5.41) is 12.1. The lowest BCUT2D eigenvalue weighted by Gasteiger charge is -2.27. The van der Waals surface area contributed by atoms with Crippen LogP contribution in [-0.2, 0) is 9.53 Å². The standard InChI is InChI=1S/C20H24N2O4/c1-13-6-4-5-7-17(13)22-14(2)10-16(15(22)3)19(25)21-20(11-18(23)24)8-9-26-12-20/h4-7,10H,8-9,11-12H2,1-3H3,(H,21,25)(H,23,24). The van der Waals surface area contributed by atoms with E-state index in [2.05, 4.69) is 9.88 Å². The van der Waals surface area contributed by atoms with Crippen molar-refractivity contribution in [3.8, 4) is 5.69 Å². The van der Waals surface area contributed by atoms with Gasteiger partial charge in [-0.2, -0.15) is 0 Å². The Morgan fingerprint density at radius 3 is 2.62 bits per heavy atom. The van der Waals surface area contributed by atoms with Crippen LogP contribution in [0.3, 0.4) is 0 Å². The van der Waals surface area contributed by atoms with Crippen LogP contribution in [0.2, 0.25) is 0 Å². The summed E-state index contributed by atoms with van der Waals surface area (Å²) in [6, 6.07) is 9.86. The number of nitrogens with zero attached hydrogens (tertiary/aromatic N) is 1. The first-order valence-electron chi connectivity index (χ1n) is 8.70. The van der Waals surface area contributed by atoms with Gasteiger partial charge in [0.25, 0.3) is 5.91 Å². The minimum atomic E-state index is -0.943. The summed E-state index contributed by atoms with van der Waals surface area (Å²) in [4.78, 5) is 24.1. The normalized spacial score (nSPS) is 19.5. The number of ether oxygens (including phenoxy) is 1. The maximum Gasteiger partial charge on any atom is 0.305 e. The van der Waals surface area contributed by atoms with Crippen molar-refractivity contribution in [2.45, 2.75) is 39.2 Å². The van der Waals surface area contributed by atoms with E-state index < -0.39 is 11.5 Å². The average Bonchev–Trinajstić information content (AvgIpc) is 3.12. The number of carbonyl (C=O) groups is 2. The van der Waals surface area contributed by atoms with E-state index in [0.717, 1.165) is 22.6 Å². The van der Waals surface area contributed by atoms with E-state index >= 15 is 0 Å². The summed E-state index contributed by atoms with van der Waals surface area (Å²) in [5.74, 6) is -1.20. The Hall–Kier alpha value is -2.60. The van der Waals surface area contributed by atoms with Crippen LogP contribution >= 0.6 is 0 Å². The Labute approximate surface area is 152 Å². The number of amides is 1. The molecule has 1 aliphatic rings. The molecule has 0 radical (unpaired) electrons. The Morgan fingerprint density at radius 2 is 2.00 bits per heavy atom. The predicted molar refractivity (Wildman–Crippen MR) is 97.9 cm³/mol.